The lowest BCUT2D eigenvalue weighted by atomic mass is 9.85. The summed E-state index contributed by atoms with van der Waals surface area (Å²) in [6.07, 6.45) is 0. The van der Waals surface area contributed by atoms with Gasteiger partial charge in [-0.1, -0.05) is 39.0 Å². The molecule has 4 nitrogen and oxygen atoms in total. The number of hydrogen-bond donors (Lipinski definition) is 0. The Balaban J connectivity index is 3.02. The van der Waals surface area contributed by atoms with Crippen LogP contribution in [-0.4, -0.2) is 11.9 Å². The monoisotopic (exact) mass is 278 g/mol. The number of ether oxygens (including phenoxy) is 2. The molecular formula is C16H22O4. The van der Waals surface area contributed by atoms with Crippen molar-refractivity contribution in [2.24, 2.45) is 0 Å². The molecule has 4 heteroatoms. The fourth-order valence-corrected chi connectivity index (χ4v) is 1.73. The first-order valence-electron chi connectivity index (χ1n) is 6.59. The second-order valence-electron chi connectivity index (χ2n) is 5.79. The topological polar surface area (TPSA) is 52.6 Å². The van der Waals surface area contributed by atoms with Crippen LogP contribution in [0.2, 0.25) is 0 Å². The summed E-state index contributed by atoms with van der Waals surface area (Å²) >= 11 is 0. The van der Waals surface area contributed by atoms with Crippen molar-refractivity contribution in [3.05, 3.63) is 34.9 Å². The Kier molecular flexibility index (Phi) is 5.31. The van der Waals surface area contributed by atoms with E-state index in [0.29, 0.717) is 0 Å². The van der Waals surface area contributed by atoms with Gasteiger partial charge in [0.2, 0.25) is 0 Å². The molecule has 0 atom stereocenters. The Hall–Kier alpha value is -1.84. The number of benzene rings is 1. The number of carbonyl (C=O) groups excluding carboxylic acids is 2. The summed E-state index contributed by atoms with van der Waals surface area (Å²) in [7, 11) is 0. The Morgan fingerprint density at radius 3 is 1.90 bits per heavy atom. The van der Waals surface area contributed by atoms with Crippen LogP contribution in [0, 0.1) is 0 Å². The average Bonchev–Trinajstić information content (AvgIpc) is 2.32. The van der Waals surface area contributed by atoms with E-state index in [0.717, 1.165) is 16.7 Å². The maximum Gasteiger partial charge on any atom is 0.302 e. The second-order valence-corrected chi connectivity index (χ2v) is 5.79. The molecular weight excluding hydrogens is 256 g/mol. The molecule has 0 amide bonds. The zero-order valence-corrected chi connectivity index (χ0v) is 12.8. The number of rotatable bonds is 4. The van der Waals surface area contributed by atoms with E-state index in [1.54, 1.807) is 0 Å². The Labute approximate surface area is 120 Å². The zero-order chi connectivity index (χ0) is 15.3. The summed E-state index contributed by atoms with van der Waals surface area (Å²) in [5.74, 6) is -0.659. The van der Waals surface area contributed by atoms with Crippen molar-refractivity contribution < 1.29 is 19.1 Å². The predicted octanol–water partition coefficient (Wildman–Crippen LogP) is 3.11. The molecule has 110 valence electrons. The molecule has 0 saturated carbocycles. The van der Waals surface area contributed by atoms with E-state index in [1.807, 2.05) is 18.2 Å². The summed E-state index contributed by atoms with van der Waals surface area (Å²) in [6.45, 7) is 9.47. The molecule has 20 heavy (non-hydrogen) atoms. The molecule has 0 aliphatic heterocycles. The van der Waals surface area contributed by atoms with Crippen LogP contribution in [0.5, 0.6) is 0 Å². The van der Waals surface area contributed by atoms with Gasteiger partial charge < -0.3 is 9.47 Å². The lowest BCUT2D eigenvalue weighted by molar-refractivity contribution is -0.143. The lowest BCUT2D eigenvalue weighted by Gasteiger charge is -2.21. The van der Waals surface area contributed by atoms with E-state index in [1.165, 1.54) is 13.8 Å². The molecule has 0 aliphatic rings. The lowest BCUT2D eigenvalue weighted by Crippen LogP contribution is -2.13. The SMILES string of the molecule is CC(=O)OCc1ccc(C(C)(C)C)cc1COC(C)=O. The van der Waals surface area contributed by atoms with Crippen LogP contribution in [0.1, 0.15) is 51.3 Å². The Bertz CT molecular complexity index is 498. The fourth-order valence-electron chi connectivity index (χ4n) is 1.73. The molecule has 0 fully saturated rings. The number of hydrogen-bond acceptors (Lipinski definition) is 4. The normalized spacial score (nSPS) is 11.1. The molecule has 1 rings (SSSR count). The van der Waals surface area contributed by atoms with Crippen molar-refractivity contribution in [2.75, 3.05) is 0 Å². The van der Waals surface area contributed by atoms with E-state index in [-0.39, 0.29) is 30.6 Å². The van der Waals surface area contributed by atoms with Crippen molar-refractivity contribution in [2.45, 2.75) is 53.2 Å². The third-order valence-electron chi connectivity index (χ3n) is 2.93. The van der Waals surface area contributed by atoms with Crippen LogP contribution in [0.15, 0.2) is 18.2 Å². The third-order valence-corrected chi connectivity index (χ3v) is 2.93. The van der Waals surface area contributed by atoms with Crippen molar-refractivity contribution in [1.29, 1.82) is 0 Å². The zero-order valence-electron chi connectivity index (χ0n) is 12.8. The van der Waals surface area contributed by atoms with Crippen LogP contribution in [0.25, 0.3) is 0 Å². The van der Waals surface area contributed by atoms with E-state index in [9.17, 15) is 9.59 Å². The minimum Gasteiger partial charge on any atom is -0.461 e. The molecule has 0 aromatic heterocycles. The first-order chi connectivity index (χ1) is 9.20. The van der Waals surface area contributed by atoms with Crippen LogP contribution in [-0.2, 0) is 37.7 Å². The Morgan fingerprint density at radius 1 is 0.950 bits per heavy atom. The highest BCUT2D eigenvalue weighted by atomic mass is 16.5. The summed E-state index contributed by atoms with van der Waals surface area (Å²) in [5.41, 5.74) is 2.87. The molecule has 1 aromatic carbocycles. The van der Waals surface area contributed by atoms with Gasteiger partial charge in [-0.3, -0.25) is 9.59 Å². The minimum atomic E-state index is -0.330. The van der Waals surface area contributed by atoms with Gasteiger partial charge in [0.15, 0.2) is 0 Å². The summed E-state index contributed by atoms with van der Waals surface area (Å²) in [4.78, 5) is 21.9. The molecule has 0 heterocycles. The van der Waals surface area contributed by atoms with Crippen LogP contribution >= 0.6 is 0 Å². The van der Waals surface area contributed by atoms with Crippen LogP contribution in [0.3, 0.4) is 0 Å². The fraction of sp³-hybridized carbons (Fsp3) is 0.500. The first-order valence-corrected chi connectivity index (χ1v) is 6.59. The minimum absolute atomic E-state index is 0.00490. The maximum atomic E-state index is 11.0. The highest BCUT2D eigenvalue weighted by Crippen LogP contribution is 2.25. The summed E-state index contributed by atoms with van der Waals surface area (Å²) in [5, 5.41) is 0. The van der Waals surface area contributed by atoms with Gasteiger partial charge in [0.1, 0.15) is 13.2 Å². The van der Waals surface area contributed by atoms with E-state index in [2.05, 4.69) is 20.8 Å². The molecule has 0 aliphatic carbocycles. The van der Waals surface area contributed by atoms with Crippen molar-refractivity contribution in [1.82, 2.24) is 0 Å². The standard InChI is InChI=1S/C16H22O4/c1-11(17)19-9-13-6-7-15(16(3,4)5)8-14(13)10-20-12(2)18/h6-8H,9-10H2,1-5H3. The van der Waals surface area contributed by atoms with Crippen LogP contribution < -0.4 is 0 Å². The van der Waals surface area contributed by atoms with E-state index in [4.69, 9.17) is 9.47 Å². The summed E-state index contributed by atoms with van der Waals surface area (Å²) in [6, 6.07) is 5.93. The highest BCUT2D eigenvalue weighted by Gasteiger charge is 2.16. The van der Waals surface area contributed by atoms with Gasteiger partial charge in [0, 0.05) is 13.8 Å². The first kappa shape index (κ1) is 16.2. The number of esters is 2. The maximum absolute atomic E-state index is 11.0. The van der Waals surface area contributed by atoms with Crippen LogP contribution in [0.4, 0.5) is 0 Å². The van der Waals surface area contributed by atoms with Gasteiger partial charge in [-0.15, -0.1) is 0 Å². The van der Waals surface area contributed by atoms with Crippen molar-refractivity contribution in [3.63, 3.8) is 0 Å². The van der Waals surface area contributed by atoms with E-state index < -0.39 is 0 Å². The molecule has 0 saturated heterocycles. The number of carbonyl (C=O) groups is 2. The van der Waals surface area contributed by atoms with Crippen molar-refractivity contribution in [3.8, 4) is 0 Å². The van der Waals surface area contributed by atoms with Gasteiger partial charge in [-0.25, -0.2) is 0 Å². The summed E-state index contributed by atoms with van der Waals surface area (Å²) < 4.78 is 10.1. The smallest absolute Gasteiger partial charge is 0.302 e. The molecule has 0 bridgehead atoms. The molecule has 0 N–H and O–H groups in total. The Morgan fingerprint density at radius 2 is 1.45 bits per heavy atom. The van der Waals surface area contributed by atoms with Gasteiger partial charge in [-0.05, 0) is 22.1 Å². The third kappa shape index (κ3) is 5.03. The largest absolute Gasteiger partial charge is 0.461 e. The van der Waals surface area contributed by atoms with Gasteiger partial charge in [0.05, 0.1) is 0 Å². The van der Waals surface area contributed by atoms with E-state index >= 15 is 0 Å². The molecule has 0 unspecified atom stereocenters. The highest BCUT2D eigenvalue weighted by molar-refractivity contribution is 5.66. The second kappa shape index (κ2) is 6.55. The molecule has 0 spiro atoms. The quantitative estimate of drug-likeness (QED) is 0.794. The van der Waals surface area contributed by atoms with Crippen molar-refractivity contribution >= 4 is 11.9 Å². The van der Waals surface area contributed by atoms with Gasteiger partial charge in [0.25, 0.3) is 0 Å². The predicted molar refractivity (Wildman–Crippen MR) is 76.1 cm³/mol. The van der Waals surface area contributed by atoms with Gasteiger partial charge >= 0.3 is 11.9 Å². The molecule has 0 radical (unpaired) electrons. The average molecular weight is 278 g/mol. The van der Waals surface area contributed by atoms with Gasteiger partial charge in [-0.2, -0.15) is 0 Å². The molecule has 1 aromatic rings.